The minimum absolute atomic E-state index is 0.0713. The van der Waals surface area contributed by atoms with E-state index in [2.05, 4.69) is 39.1 Å². The number of nitrogens with zero attached hydrogens (tertiary/aromatic N) is 1. The van der Waals surface area contributed by atoms with Crippen molar-refractivity contribution in [3.8, 4) is 6.07 Å². The van der Waals surface area contributed by atoms with Crippen LogP contribution in [0.15, 0.2) is 0 Å². The molecule has 0 saturated heterocycles. The fourth-order valence-corrected chi connectivity index (χ4v) is 1.19. The molecule has 0 aromatic rings. The van der Waals surface area contributed by atoms with Crippen molar-refractivity contribution >= 4 is 5.91 Å². The average molecular weight is 224 g/mol. The van der Waals surface area contributed by atoms with Gasteiger partial charge in [0.05, 0.1) is 6.07 Å². The number of hydrogen-bond donors (Lipinski definition) is 1. The Labute approximate surface area is 99.2 Å². The molecule has 1 amide bonds. The molecule has 1 atom stereocenters. The van der Waals surface area contributed by atoms with Crippen LogP contribution in [-0.4, -0.2) is 12.5 Å². The molecule has 0 bridgehead atoms. The zero-order chi connectivity index (χ0) is 12.8. The molecule has 16 heavy (non-hydrogen) atoms. The SMILES string of the molecule is CCCC(C#N)C(=O)NCC(C)(C)C(C)C. The topological polar surface area (TPSA) is 52.9 Å². The van der Waals surface area contributed by atoms with E-state index >= 15 is 0 Å². The number of hydrogen-bond acceptors (Lipinski definition) is 2. The smallest absolute Gasteiger partial charge is 0.237 e. The second-order valence-corrected chi connectivity index (χ2v) is 5.33. The van der Waals surface area contributed by atoms with Crippen LogP contribution in [0.5, 0.6) is 0 Å². The molecule has 0 saturated carbocycles. The van der Waals surface area contributed by atoms with Crippen molar-refractivity contribution in [3.63, 3.8) is 0 Å². The molecule has 0 fully saturated rings. The van der Waals surface area contributed by atoms with Gasteiger partial charge in [0.15, 0.2) is 0 Å². The van der Waals surface area contributed by atoms with Gasteiger partial charge in [-0.3, -0.25) is 4.79 Å². The number of carbonyl (C=O) groups excluding carboxylic acids is 1. The van der Waals surface area contributed by atoms with E-state index in [0.29, 0.717) is 18.9 Å². The number of amides is 1. The third-order valence-electron chi connectivity index (χ3n) is 3.33. The van der Waals surface area contributed by atoms with E-state index < -0.39 is 5.92 Å². The molecule has 1 unspecified atom stereocenters. The van der Waals surface area contributed by atoms with Crippen molar-refractivity contribution in [2.24, 2.45) is 17.3 Å². The van der Waals surface area contributed by atoms with Crippen LogP contribution in [0.3, 0.4) is 0 Å². The molecule has 0 aromatic heterocycles. The monoisotopic (exact) mass is 224 g/mol. The van der Waals surface area contributed by atoms with Crippen molar-refractivity contribution in [2.75, 3.05) is 6.54 Å². The predicted molar refractivity (Wildman–Crippen MR) is 65.6 cm³/mol. The zero-order valence-electron chi connectivity index (χ0n) is 11.1. The summed E-state index contributed by atoms with van der Waals surface area (Å²) in [5, 5.41) is 11.7. The summed E-state index contributed by atoms with van der Waals surface area (Å²) in [4.78, 5) is 11.7. The Bertz CT molecular complexity index is 264. The lowest BCUT2D eigenvalue weighted by atomic mass is 9.81. The highest BCUT2D eigenvalue weighted by molar-refractivity contribution is 5.81. The van der Waals surface area contributed by atoms with Crippen LogP contribution in [0.4, 0.5) is 0 Å². The van der Waals surface area contributed by atoms with Gasteiger partial charge in [-0.1, -0.05) is 41.0 Å². The number of rotatable bonds is 6. The Morgan fingerprint density at radius 1 is 1.44 bits per heavy atom. The third-order valence-corrected chi connectivity index (χ3v) is 3.33. The van der Waals surface area contributed by atoms with Crippen LogP contribution in [-0.2, 0) is 4.79 Å². The minimum Gasteiger partial charge on any atom is -0.354 e. The van der Waals surface area contributed by atoms with E-state index in [1.165, 1.54) is 0 Å². The van der Waals surface area contributed by atoms with Crippen LogP contribution in [0, 0.1) is 28.6 Å². The molecule has 0 aliphatic carbocycles. The summed E-state index contributed by atoms with van der Waals surface area (Å²) in [5.74, 6) is -0.120. The second kappa shape index (κ2) is 6.52. The lowest BCUT2D eigenvalue weighted by molar-refractivity contribution is -0.124. The highest BCUT2D eigenvalue weighted by atomic mass is 16.1. The lowest BCUT2D eigenvalue weighted by Crippen LogP contribution is -2.39. The molecular formula is C13H24N2O. The van der Waals surface area contributed by atoms with Gasteiger partial charge in [0, 0.05) is 6.54 Å². The van der Waals surface area contributed by atoms with Crippen molar-refractivity contribution in [3.05, 3.63) is 0 Å². The van der Waals surface area contributed by atoms with E-state index in [1.807, 2.05) is 6.92 Å². The molecule has 0 aliphatic heterocycles. The fraction of sp³-hybridized carbons (Fsp3) is 0.846. The first-order valence-corrected chi connectivity index (χ1v) is 6.02. The van der Waals surface area contributed by atoms with E-state index in [-0.39, 0.29) is 11.3 Å². The van der Waals surface area contributed by atoms with E-state index in [1.54, 1.807) is 0 Å². The van der Waals surface area contributed by atoms with Gasteiger partial charge in [0.1, 0.15) is 5.92 Å². The number of carbonyl (C=O) groups is 1. The van der Waals surface area contributed by atoms with Crippen molar-refractivity contribution < 1.29 is 4.79 Å². The maximum Gasteiger partial charge on any atom is 0.237 e. The summed E-state index contributed by atoms with van der Waals surface area (Å²) in [5.41, 5.74) is 0.0713. The van der Waals surface area contributed by atoms with Crippen LogP contribution in [0.2, 0.25) is 0 Å². The normalized spacial score (nSPS) is 13.3. The van der Waals surface area contributed by atoms with Gasteiger partial charge < -0.3 is 5.32 Å². The van der Waals surface area contributed by atoms with Gasteiger partial charge in [-0.05, 0) is 17.8 Å². The molecule has 3 nitrogen and oxygen atoms in total. The van der Waals surface area contributed by atoms with Crippen LogP contribution in [0.1, 0.15) is 47.5 Å². The van der Waals surface area contributed by atoms with Gasteiger partial charge in [0.2, 0.25) is 5.91 Å². The maximum atomic E-state index is 11.7. The zero-order valence-corrected chi connectivity index (χ0v) is 11.1. The summed E-state index contributed by atoms with van der Waals surface area (Å²) in [6.45, 7) is 11.1. The van der Waals surface area contributed by atoms with E-state index in [9.17, 15) is 4.79 Å². The van der Waals surface area contributed by atoms with Crippen molar-refractivity contribution in [1.82, 2.24) is 5.32 Å². The fourth-order valence-electron chi connectivity index (χ4n) is 1.19. The van der Waals surface area contributed by atoms with Crippen molar-refractivity contribution in [2.45, 2.75) is 47.5 Å². The van der Waals surface area contributed by atoms with Crippen LogP contribution < -0.4 is 5.32 Å². The molecular weight excluding hydrogens is 200 g/mol. The van der Waals surface area contributed by atoms with Gasteiger partial charge in [0.25, 0.3) is 0 Å². The van der Waals surface area contributed by atoms with E-state index in [0.717, 1.165) is 6.42 Å². The summed E-state index contributed by atoms with van der Waals surface area (Å²) in [6, 6.07) is 2.06. The maximum absolute atomic E-state index is 11.7. The molecule has 3 heteroatoms. The largest absolute Gasteiger partial charge is 0.354 e. The van der Waals surface area contributed by atoms with Crippen LogP contribution in [0.25, 0.3) is 0 Å². The first-order chi connectivity index (χ1) is 7.35. The van der Waals surface area contributed by atoms with Crippen LogP contribution >= 0.6 is 0 Å². The Morgan fingerprint density at radius 3 is 2.38 bits per heavy atom. The van der Waals surface area contributed by atoms with Gasteiger partial charge in [-0.15, -0.1) is 0 Å². The molecule has 0 spiro atoms. The number of nitriles is 1. The number of nitrogens with one attached hydrogen (secondary N) is 1. The molecule has 0 rings (SSSR count). The molecule has 0 aromatic carbocycles. The van der Waals surface area contributed by atoms with Gasteiger partial charge in [-0.25, -0.2) is 0 Å². The molecule has 0 radical (unpaired) electrons. The standard InChI is InChI=1S/C13H24N2O/c1-6-7-11(8-14)12(16)15-9-13(4,5)10(2)3/h10-11H,6-7,9H2,1-5H3,(H,15,16). The van der Waals surface area contributed by atoms with Gasteiger partial charge >= 0.3 is 0 Å². The minimum atomic E-state index is -0.493. The average Bonchev–Trinajstić information content (AvgIpc) is 2.22. The van der Waals surface area contributed by atoms with Gasteiger partial charge in [-0.2, -0.15) is 5.26 Å². The summed E-state index contributed by atoms with van der Waals surface area (Å²) < 4.78 is 0. The molecule has 0 aliphatic rings. The Morgan fingerprint density at radius 2 is 2.00 bits per heavy atom. The van der Waals surface area contributed by atoms with Crippen molar-refractivity contribution in [1.29, 1.82) is 5.26 Å². The molecule has 1 N–H and O–H groups in total. The quantitative estimate of drug-likeness (QED) is 0.754. The first kappa shape index (κ1) is 15.0. The Hall–Kier alpha value is -1.04. The Balaban J connectivity index is 4.21. The molecule has 92 valence electrons. The summed E-state index contributed by atoms with van der Waals surface area (Å²) >= 11 is 0. The first-order valence-electron chi connectivity index (χ1n) is 6.02. The summed E-state index contributed by atoms with van der Waals surface area (Å²) in [7, 11) is 0. The summed E-state index contributed by atoms with van der Waals surface area (Å²) in [6.07, 6.45) is 1.50. The molecule has 0 heterocycles. The third kappa shape index (κ3) is 4.65. The predicted octanol–water partition coefficient (Wildman–Crippen LogP) is 2.72. The highest BCUT2D eigenvalue weighted by Gasteiger charge is 2.24. The lowest BCUT2D eigenvalue weighted by Gasteiger charge is -2.29. The highest BCUT2D eigenvalue weighted by Crippen LogP contribution is 2.24. The van der Waals surface area contributed by atoms with E-state index in [4.69, 9.17) is 5.26 Å². The Kier molecular flexibility index (Phi) is 6.10. The second-order valence-electron chi connectivity index (χ2n) is 5.33.